The lowest BCUT2D eigenvalue weighted by Gasteiger charge is -2.29. The second kappa shape index (κ2) is 10.5. The van der Waals surface area contributed by atoms with Crippen LogP contribution < -0.4 is 0 Å². The fourth-order valence-corrected chi connectivity index (χ4v) is 5.95. The van der Waals surface area contributed by atoms with Gasteiger partial charge in [0.2, 0.25) is 0 Å². The van der Waals surface area contributed by atoms with Gasteiger partial charge in [-0.2, -0.15) is 5.10 Å². The van der Waals surface area contributed by atoms with Gasteiger partial charge in [0.05, 0.1) is 23.9 Å². The fourth-order valence-electron chi connectivity index (χ4n) is 5.23. The Bertz CT molecular complexity index is 1560. The summed E-state index contributed by atoms with van der Waals surface area (Å²) >= 11 is 1.46. The van der Waals surface area contributed by atoms with E-state index in [1.165, 1.54) is 40.6 Å². The molecule has 0 radical (unpaired) electrons. The van der Waals surface area contributed by atoms with Crippen LogP contribution in [0.3, 0.4) is 0 Å². The van der Waals surface area contributed by atoms with Crippen LogP contribution in [0.15, 0.2) is 77.0 Å². The largest absolute Gasteiger partial charge is 0.455 e. The van der Waals surface area contributed by atoms with Crippen LogP contribution in [0.2, 0.25) is 0 Å². The first-order valence-electron chi connectivity index (χ1n) is 12.6. The number of hydrazone groups is 1. The van der Waals surface area contributed by atoms with Crippen molar-refractivity contribution in [3.63, 3.8) is 0 Å². The zero-order valence-corrected chi connectivity index (χ0v) is 21.6. The van der Waals surface area contributed by atoms with Crippen LogP contribution in [0.5, 0.6) is 0 Å². The highest BCUT2D eigenvalue weighted by Crippen LogP contribution is 2.44. The molecular formula is C29H24F2N4O3S. The van der Waals surface area contributed by atoms with Crippen molar-refractivity contribution < 1.29 is 23.1 Å². The van der Waals surface area contributed by atoms with E-state index in [-0.39, 0.29) is 24.0 Å². The molecule has 2 aromatic heterocycles. The maximum atomic E-state index is 13.7. The summed E-state index contributed by atoms with van der Waals surface area (Å²) in [7, 11) is 0. The summed E-state index contributed by atoms with van der Waals surface area (Å²) in [5.74, 6) is -1.81. The molecule has 7 nitrogen and oxygen atoms in total. The molecule has 0 N–H and O–H groups in total. The number of aromatic nitrogens is 2. The molecule has 1 aliphatic carbocycles. The van der Waals surface area contributed by atoms with Crippen LogP contribution in [-0.2, 0) is 20.7 Å². The quantitative estimate of drug-likeness (QED) is 0.296. The van der Waals surface area contributed by atoms with Crippen LogP contribution in [-0.4, -0.2) is 38.6 Å². The van der Waals surface area contributed by atoms with Gasteiger partial charge < -0.3 is 4.74 Å². The number of nitrogens with zero attached hydrogens (tertiary/aromatic N) is 4. The number of esters is 1. The van der Waals surface area contributed by atoms with Crippen molar-refractivity contribution in [2.75, 3.05) is 6.61 Å². The first-order chi connectivity index (χ1) is 18.9. The number of hydrogen-bond donors (Lipinski definition) is 0. The molecule has 10 heteroatoms. The van der Waals surface area contributed by atoms with Crippen molar-refractivity contribution in [1.82, 2.24) is 14.4 Å². The average Bonchev–Trinajstić information content (AvgIpc) is 3.63. The molecule has 0 saturated heterocycles. The highest BCUT2D eigenvalue weighted by molar-refractivity contribution is 7.15. The number of benzene rings is 2. The standard InChI is InChI=1S/C29H24F2N4O3S/c30-21-8-4-18(5-9-21)14-20-2-1-3-24-27(20)33-35(28(24)19-6-10-22(31)11-7-19)25(36)17-38-26(37)15-23-16-34-12-13-39-29(34)32-23/h4-14,16,24,28H,1-3,15,17H2/b20-14+. The fraction of sp³-hybridized carbons (Fsp3) is 0.241. The highest BCUT2D eigenvalue weighted by atomic mass is 32.1. The Morgan fingerprint density at radius 1 is 1.08 bits per heavy atom. The van der Waals surface area contributed by atoms with Gasteiger partial charge in [-0.25, -0.2) is 18.8 Å². The van der Waals surface area contributed by atoms with Gasteiger partial charge in [-0.3, -0.25) is 14.0 Å². The van der Waals surface area contributed by atoms with Crippen LogP contribution in [0.1, 0.15) is 42.1 Å². The summed E-state index contributed by atoms with van der Waals surface area (Å²) in [4.78, 5) is 31.0. The second-order valence-corrected chi connectivity index (χ2v) is 10.5. The van der Waals surface area contributed by atoms with Crippen molar-refractivity contribution in [2.24, 2.45) is 11.0 Å². The van der Waals surface area contributed by atoms with E-state index in [2.05, 4.69) is 4.98 Å². The lowest BCUT2D eigenvalue weighted by atomic mass is 9.77. The molecule has 1 saturated carbocycles. The molecule has 1 aliphatic heterocycles. The van der Waals surface area contributed by atoms with Gasteiger partial charge >= 0.3 is 5.97 Å². The first kappa shape index (κ1) is 25.1. The number of halogens is 2. The normalized spacial score (nSPS) is 19.8. The van der Waals surface area contributed by atoms with Crippen molar-refractivity contribution in [1.29, 1.82) is 0 Å². The Morgan fingerprint density at radius 3 is 2.56 bits per heavy atom. The topological polar surface area (TPSA) is 76.3 Å². The molecule has 2 unspecified atom stereocenters. The van der Waals surface area contributed by atoms with Gasteiger partial charge in [0.1, 0.15) is 11.6 Å². The SMILES string of the molecule is O=C(Cc1cn2ccsc2n1)OCC(=O)N1N=C2/C(=C/c3ccc(F)cc3)CCCC2C1c1ccc(F)cc1. The molecule has 2 atom stereocenters. The average molecular weight is 547 g/mol. The van der Waals surface area contributed by atoms with Crippen molar-refractivity contribution in [3.8, 4) is 0 Å². The predicted molar refractivity (Wildman–Crippen MR) is 143 cm³/mol. The summed E-state index contributed by atoms with van der Waals surface area (Å²) < 4.78 is 34.3. The van der Waals surface area contributed by atoms with Gasteiger partial charge in [0.15, 0.2) is 11.6 Å². The number of carbonyl (C=O) groups is 2. The minimum atomic E-state index is -0.561. The molecule has 2 aromatic carbocycles. The van der Waals surface area contributed by atoms with Gasteiger partial charge in [-0.1, -0.05) is 24.3 Å². The van der Waals surface area contributed by atoms with E-state index >= 15 is 0 Å². The van der Waals surface area contributed by atoms with E-state index in [0.717, 1.165) is 46.6 Å². The number of carbonyl (C=O) groups excluding carboxylic acids is 2. The Balaban J connectivity index is 1.23. The Morgan fingerprint density at radius 2 is 1.82 bits per heavy atom. The molecule has 1 amide bonds. The molecule has 39 heavy (non-hydrogen) atoms. The molecular weight excluding hydrogens is 522 g/mol. The maximum absolute atomic E-state index is 13.7. The van der Waals surface area contributed by atoms with Crippen LogP contribution in [0.25, 0.3) is 11.0 Å². The predicted octanol–water partition coefficient (Wildman–Crippen LogP) is 5.58. The molecule has 3 heterocycles. The van der Waals surface area contributed by atoms with E-state index in [1.807, 2.05) is 22.1 Å². The third-order valence-electron chi connectivity index (χ3n) is 7.00. The number of amides is 1. The second-order valence-electron chi connectivity index (χ2n) is 9.60. The number of rotatable bonds is 6. The van der Waals surface area contributed by atoms with Gasteiger partial charge in [-0.15, -0.1) is 11.3 Å². The lowest BCUT2D eigenvalue weighted by Crippen LogP contribution is -2.34. The third kappa shape index (κ3) is 5.24. The monoisotopic (exact) mass is 546 g/mol. The van der Waals surface area contributed by atoms with E-state index in [1.54, 1.807) is 30.5 Å². The van der Waals surface area contributed by atoms with Gasteiger partial charge in [-0.05, 0) is 66.3 Å². The molecule has 4 aromatic rings. The number of thiazole rings is 1. The highest BCUT2D eigenvalue weighted by Gasteiger charge is 2.43. The first-order valence-corrected chi connectivity index (χ1v) is 13.5. The Hall–Kier alpha value is -4.18. The van der Waals surface area contributed by atoms with Crippen LogP contribution in [0, 0.1) is 17.6 Å². The number of ether oxygens (including phenoxy) is 1. The number of hydrogen-bond acceptors (Lipinski definition) is 6. The molecule has 0 bridgehead atoms. The number of imidazole rings is 1. The van der Waals surface area contributed by atoms with Crippen LogP contribution >= 0.6 is 11.3 Å². The number of allylic oxidation sites excluding steroid dienone is 1. The van der Waals surface area contributed by atoms with E-state index in [9.17, 15) is 18.4 Å². The van der Waals surface area contributed by atoms with E-state index in [4.69, 9.17) is 9.84 Å². The van der Waals surface area contributed by atoms with Crippen LogP contribution in [0.4, 0.5) is 8.78 Å². The van der Waals surface area contributed by atoms with E-state index in [0.29, 0.717) is 5.69 Å². The Kier molecular flexibility index (Phi) is 6.78. The van der Waals surface area contributed by atoms with Crippen molar-refractivity contribution in [2.45, 2.75) is 31.7 Å². The summed E-state index contributed by atoms with van der Waals surface area (Å²) in [6.45, 7) is -0.473. The van der Waals surface area contributed by atoms with Gasteiger partial charge in [0, 0.05) is 23.7 Å². The van der Waals surface area contributed by atoms with Crippen molar-refractivity contribution in [3.05, 3.63) is 100 Å². The molecule has 2 aliphatic rings. The molecule has 0 spiro atoms. The maximum Gasteiger partial charge on any atom is 0.312 e. The third-order valence-corrected chi connectivity index (χ3v) is 7.78. The summed E-state index contributed by atoms with van der Waals surface area (Å²) in [5.41, 5.74) is 3.90. The molecule has 198 valence electrons. The summed E-state index contributed by atoms with van der Waals surface area (Å²) in [6, 6.07) is 11.8. The minimum Gasteiger partial charge on any atom is -0.455 e. The zero-order chi connectivity index (χ0) is 26.9. The summed E-state index contributed by atoms with van der Waals surface area (Å²) in [6.07, 6.45) is 7.97. The smallest absolute Gasteiger partial charge is 0.312 e. The Labute approximate surface area is 227 Å². The van der Waals surface area contributed by atoms with Gasteiger partial charge in [0.25, 0.3) is 5.91 Å². The lowest BCUT2D eigenvalue weighted by molar-refractivity contribution is -0.152. The molecule has 6 rings (SSSR count). The minimum absolute atomic E-state index is 0.0508. The van der Waals surface area contributed by atoms with E-state index < -0.39 is 24.5 Å². The summed E-state index contributed by atoms with van der Waals surface area (Å²) in [5, 5.41) is 8.00. The number of fused-ring (bicyclic) bond motifs is 2. The molecule has 1 fully saturated rings. The zero-order valence-electron chi connectivity index (χ0n) is 20.8. The van der Waals surface area contributed by atoms with Crippen molar-refractivity contribution >= 4 is 40.0 Å².